The molecule has 1 N–H and O–H groups in total. The molecule has 1 aromatic carbocycles. The van der Waals surface area contributed by atoms with Gasteiger partial charge in [0.25, 0.3) is 5.91 Å². The molecule has 0 saturated carbocycles. The van der Waals surface area contributed by atoms with Gasteiger partial charge < -0.3 is 10.1 Å². The maximum Gasteiger partial charge on any atom is 0.251 e. The van der Waals surface area contributed by atoms with E-state index >= 15 is 0 Å². The topological polar surface area (TPSA) is 38.3 Å². The summed E-state index contributed by atoms with van der Waals surface area (Å²) in [6.07, 6.45) is 0.987. The summed E-state index contributed by atoms with van der Waals surface area (Å²) in [5.74, 6) is 0.389. The lowest BCUT2D eigenvalue weighted by Crippen LogP contribution is -2.44. The van der Waals surface area contributed by atoms with Gasteiger partial charge in [0, 0.05) is 23.6 Å². The predicted octanol–water partition coefficient (Wildman–Crippen LogP) is 3.75. The molecule has 0 saturated heterocycles. The van der Waals surface area contributed by atoms with Crippen molar-refractivity contribution in [3.63, 3.8) is 0 Å². The first-order valence-electron chi connectivity index (χ1n) is 6.93. The number of benzene rings is 1. The fraction of sp³-hybridized carbons (Fsp3) is 0.562. The number of amides is 1. The molecule has 0 spiro atoms. The Hall–Kier alpha value is -1.06. The molecule has 0 aromatic heterocycles. The molecule has 0 aliphatic carbocycles. The summed E-state index contributed by atoms with van der Waals surface area (Å²) in [6.45, 7) is 8.65. The van der Waals surface area contributed by atoms with Gasteiger partial charge in [-0.2, -0.15) is 0 Å². The van der Waals surface area contributed by atoms with Crippen molar-refractivity contribution in [2.75, 3.05) is 6.61 Å². The normalized spacial score (nSPS) is 11.7. The molecule has 0 heterocycles. The zero-order chi connectivity index (χ0) is 15.2. The van der Waals surface area contributed by atoms with E-state index in [0.717, 1.165) is 12.0 Å². The van der Waals surface area contributed by atoms with Crippen LogP contribution in [0.2, 0.25) is 0 Å². The zero-order valence-electron chi connectivity index (χ0n) is 12.7. The van der Waals surface area contributed by atoms with Gasteiger partial charge in [-0.25, -0.2) is 0 Å². The number of ether oxygens (including phenoxy) is 1. The molecule has 0 bridgehead atoms. The third-order valence-corrected chi connectivity index (χ3v) is 3.31. The highest BCUT2D eigenvalue weighted by molar-refractivity contribution is 6.17. The minimum Gasteiger partial charge on any atom is -0.379 e. The maximum atomic E-state index is 12.2. The van der Waals surface area contributed by atoms with E-state index in [-0.39, 0.29) is 17.6 Å². The van der Waals surface area contributed by atoms with Gasteiger partial charge in [0.2, 0.25) is 0 Å². The Kier molecular flexibility index (Phi) is 6.50. The van der Waals surface area contributed by atoms with Gasteiger partial charge in [0.1, 0.15) is 0 Å². The van der Waals surface area contributed by atoms with E-state index in [1.54, 1.807) is 12.1 Å². The van der Waals surface area contributed by atoms with Crippen molar-refractivity contribution in [2.45, 2.75) is 51.6 Å². The molecule has 1 rings (SSSR count). The van der Waals surface area contributed by atoms with Crippen molar-refractivity contribution >= 4 is 17.5 Å². The second kappa shape index (κ2) is 7.65. The number of hydrogen-bond donors (Lipinski definition) is 1. The van der Waals surface area contributed by atoms with E-state index in [1.807, 2.05) is 39.8 Å². The summed E-state index contributed by atoms with van der Waals surface area (Å²) in [5, 5.41) is 3.03. The highest BCUT2D eigenvalue weighted by Gasteiger charge is 2.21. The molecule has 0 atom stereocenters. The Balaban J connectivity index is 2.54. The van der Waals surface area contributed by atoms with Crippen molar-refractivity contribution < 1.29 is 9.53 Å². The molecule has 20 heavy (non-hydrogen) atoms. The molecule has 1 amide bonds. The Labute approximate surface area is 126 Å². The zero-order valence-corrected chi connectivity index (χ0v) is 13.5. The van der Waals surface area contributed by atoms with Crippen LogP contribution in [0.5, 0.6) is 0 Å². The summed E-state index contributed by atoms with van der Waals surface area (Å²) < 4.78 is 5.53. The van der Waals surface area contributed by atoms with Gasteiger partial charge in [0.05, 0.1) is 6.10 Å². The molecule has 1 aromatic rings. The van der Waals surface area contributed by atoms with E-state index in [9.17, 15) is 4.79 Å². The number of carbonyl (C=O) groups is 1. The van der Waals surface area contributed by atoms with Crippen LogP contribution in [-0.2, 0) is 10.6 Å². The smallest absolute Gasteiger partial charge is 0.251 e. The number of rotatable bonds is 7. The summed E-state index contributed by atoms with van der Waals surface area (Å²) in [5.41, 5.74) is 1.36. The fourth-order valence-electron chi connectivity index (χ4n) is 1.74. The van der Waals surface area contributed by atoms with Gasteiger partial charge in [-0.15, -0.1) is 11.6 Å². The molecular weight excluding hydrogens is 274 g/mol. The maximum absolute atomic E-state index is 12.2. The molecule has 0 aliphatic rings. The summed E-state index contributed by atoms with van der Waals surface area (Å²) >= 11 is 5.73. The van der Waals surface area contributed by atoms with Crippen LogP contribution in [0.3, 0.4) is 0 Å². The van der Waals surface area contributed by atoms with Crippen LogP contribution in [0.4, 0.5) is 0 Å². The highest BCUT2D eigenvalue weighted by atomic mass is 35.5. The molecule has 0 radical (unpaired) electrons. The predicted molar refractivity (Wildman–Crippen MR) is 83.2 cm³/mol. The lowest BCUT2D eigenvalue weighted by atomic mass is 10.0. The van der Waals surface area contributed by atoms with Crippen LogP contribution in [0.1, 0.15) is 50.0 Å². The highest BCUT2D eigenvalue weighted by Crippen LogP contribution is 2.12. The molecule has 4 heteroatoms. The van der Waals surface area contributed by atoms with E-state index in [2.05, 4.69) is 5.32 Å². The number of halogens is 1. The Morgan fingerprint density at radius 1 is 1.30 bits per heavy atom. The second-order valence-electron chi connectivity index (χ2n) is 5.84. The minimum absolute atomic E-state index is 0.0688. The van der Waals surface area contributed by atoms with Gasteiger partial charge in [0.15, 0.2) is 0 Å². The third-order valence-electron chi connectivity index (χ3n) is 3.00. The summed E-state index contributed by atoms with van der Waals surface area (Å²) in [4.78, 5) is 12.2. The van der Waals surface area contributed by atoms with Crippen LogP contribution in [0.15, 0.2) is 24.3 Å². The van der Waals surface area contributed by atoms with Crippen molar-refractivity contribution in [1.29, 1.82) is 0 Å². The van der Waals surface area contributed by atoms with Crippen molar-refractivity contribution in [3.05, 3.63) is 35.4 Å². The quantitative estimate of drug-likeness (QED) is 0.779. The average molecular weight is 298 g/mol. The molecule has 0 aliphatic heterocycles. The van der Waals surface area contributed by atoms with Crippen molar-refractivity contribution in [2.24, 2.45) is 0 Å². The Bertz CT molecular complexity index is 427. The molecule has 0 fully saturated rings. The van der Waals surface area contributed by atoms with Crippen LogP contribution in [-0.4, -0.2) is 24.2 Å². The molecule has 0 unspecified atom stereocenters. The first kappa shape index (κ1) is 17.0. The second-order valence-corrected chi connectivity index (χ2v) is 6.11. The van der Waals surface area contributed by atoms with Crippen LogP contribution >= 0.6 is 11.6 Å². The van der Waals surface area contributed by atoms with E-state index in [1.165, 1.54) is 0 Å². The standard InChI is InChI=1S/C16H24ClNO2/c1-12(2)20-10-9-16(3,4)18-15(19)14-7-5-13(11-17)6-8-14/h5-8,12H,9-11H2,1-4H3,(H,18,19). The van der Waals surface area contributed by atoms with E-state index in [0.29, 0.717) is 18.1 Å². The number of alkyl halides is 1. The van der Waals surface area contributed by atoms with Crippen LogP contribution < -0.4 is 5.32 Å². The third kappa shape index (κ3) is 5.93. The molecular formula is C16H24ClNO2. The summed E-state index contributed by atoms with van der Waals surface area (Å²) in [6, 6.07) is 7.34. The van der Waals surface area contributed by atoms with Crippen LogP contribution in [0, 0.1) is 0 Å². The first-order chi connectivity index (χ1) is 9.34. The number of nitrogens with one attached hydrogen (secondary N) is 1. The van der Waals surface area contributed by atoms with E-state index in [4.69, 9.17) is 16.3 Å². The molecule has 3 nitrogen and oxygen atoms in total. The Morgan fingerprint density at radius 2 is 1.90 bits per heavy atom. The lowest BCUT2D eigenvalue weighted by Gasteiger charge is -2.26. The van der Waals surface area contributed by atoms with E-state index < -0.39 is 0 Å². The largest absolute Gasteiger partial charge is 0.379 e. The number of carbonyl (C=O) groups excluding carboxylic acids is 1. The SMILES string of the molecule is CC(C)OCCC(C)(C)NC(=O)c1ccc(CCl)cc1. The fourth-order valence-corrected chi connectivity index (χ4v) is 1.92. The minimum atomic E-state index is -0.295. The van der Waals surface area contributed by atoms with Gasteiger partial charge in [-0.05, 0) is 51.8 Å². The van der Waals surface area contributed by atoms with Gasteiger partial charge in [-0.1, -0.05) is 12.1 Å². The average Bonchev–Trinajstić information content (AvgIpc) is 2.37. The summed E-state index contributed by atoms with van der Waals surface area (Å²) in [7, 11) is 0. The first-order valence-corrected chi connectivity index (χ1v) is 7.46. The molecule has 112 valence electrons. The van der Waals surface area contributed by atoms with Crippen molar-refractivity contribution in [1.82, 2.24) is 5.32 Å². The Morgan fingerprint density at radius 3 is 2.40 bits per heavy atom. The monoisotopic (exact) mass is 297 g/mol. The lowest BCUT2D eigenvalue weighted by molar-refractivity contribution is 0.0614. The number of hydrogen-bond acceptors (Lipinski definition) is 2. The van der Waals surface area contributed by atoms with Gasteiger partial charge in [-0.3, -0.25) is 4.79 Å². The van der Waals surface area contributed by atoms with Crippen molar-refractivity contribution in [3.8, 4) is 0 Å². The van der Waals surface area contributed by atoms with Gasteiger partial charge >= 0.3 is 0 Å². The van der Waals surface area contributed by atoms with Crippen LogP contribution in [0.25, 0.3) is 0 Å².